The van der Waals surface area contributed by atoms with E-state index in [-0.39, 0.29) is 0 Å². The Morgan fingerprint density at radius 3 is 2.47 bits per heavy atom. The Morgan fingerprint density at radius 1 is 0.800 bits per heavy atom. The molecule has 1 aromatic carbocycles. The van der Waals surface area contributed by atoms with Crippen LogP contribution in [0.4, 0.5) is 0 Å². The molecule has 0 N–H and O–H groups in total. The maximum atomic E-state index is 4.22. The molecule has 0 amide bonds. The number of hydrogen-bond donors (Lipinski definition) is 0. The van der Waals surface area contributed by atoms with E-state index >= 15 is 0 Å². The molecule has 0 bridgehead atoms. The largest absolute Gasteiger partial charge is 0.265 e. The third-order valence-corrected chi connectivity index (χ3v) is 2.82. The summed E-state index contributed by atoms with van der Waals surface area (Å²) >= 11 is 1.24. The minimum Gasteiger partial charge on any atom is -0.265 e. The van der Waals surface area contributed by atoms with Gasteiger partial charge in [-0.2, -0.15) is 8.75 Å². The maximum absolute atomic E-state index is 4.22. The van der Waals surface area contributed by atoms with Crippen LogP contribution in [0.5, 0.6) is 0 Å². The highest BCUT2D eigenvalue weighted by atomic mass is 32.1. The second-order valence-corrected chi connectivity index (χ2v) is 3.73. The molecular formula is C11H7N3S. The van der Waals surface area contributed by atoms with Crippen LogP contribution in [0, 0.1) is 0 Å². The molecule has 0 aliphatic carbocycles. The fourth-order valence-corrected chi connectivity index (χ4v) is 2.02. The van der Waals surface area contributed by atoms with Crippen molar-refractivity contribution in [3.8, 4) is 11.1 Å². The smallest absolute Gasteiger partial charge is 0.105 e. The summed E-state index contributed by atoms with van der Waals surface area (Å²) < 4.78 is 8.39. The van der Waals surface area contributed by atoms with Crippen LogP contribution in [-0.2, 0) is 0 Å². The molecule has 0 saturated heterocycles. The number of nitrogens with zero attached hydrogens (tertiary/aromatic N) is 3. The van der Waals surface area contributed by atoms with Crippen molar-refractivity contribution in [1.29, 1.82) is 0 Å². The average Bonchev–Trinajstić information content (AvgIpc) is 2.77. The van der Waals surface area contributed by atoms with Crippen LogP contribution in [0.2, 0.25) is 0 Å². The van der Waals surface area contributed by atoms with Crippen molar-refractivity contribution in [1.82, 2.24) is 13.7 Å². The van der Waals surface area contributed by atoms with Crippen LogP contribution < -0.4 is 0 Å². The Morgan fingerprint density at radius 2 is 1.60 bits per heavy atom. The van der Waals surface area contributed by atoms with E-state index in [2.05, 4.69) is 19.8 Å². The van der Waals surface area contributed by atoms with Gasteiger partial charge in [-0.05, 0) is 35.4 Å². The molecule has 0 unspecified atom stereocenters. The molecule has 3 rings (SSSR count). The van der Waals surface area contributed by atoms with Gasteiger partial charge in [0.2, 0.25) is 0 Å². The second-order valence-electron chi connectivity index (χ2n) is 3.20. The highest BCUT2D eigenvalue weighted by molar-refractivity contribution is 7.00. The van der Waals surface area contributed by atoms with Crippen LogP contribution >= 0.6 is 11.7 Å². The van der Waals surface area contributed by atoms with E-state index < -0.39 is 0 Å². The lowest BCUT2D eigenvalue weighted by atomic mass is 10.1. The molecule has 4 heteroatoms. The molecule has 2 heterocycles. The first-order valence-electron chi connectivity index (χ1n) is 4.56. The Bertz CT molecular complexity index is 589. The SMILES string of the molecule is c1cc(-c2ccc3nsnc3c2)ccn1. The third-order valence-electron chi connectivity index (χ3n) is 2.27. The zero-order chi connectivity index (χ0) is 10.1. The standard InChI is InChI=1S/C11H7N3S/c1-2-10-11(14-15-13-10)7-9(1)8-3-5-12-6-4-8/h1-7H. The van der Waals surface area contributed by atoms with Gasteiger partial charge in [-0.3, -0.25) is 4.98 Å². The average molecular weight is 213 g/mol. The van der Waals surface area contributed by atoms with Crippen molar-refractivity contribution in [3.63, 3.8) is 0 Å². The first-order chi connectivity index (χ1) is 7.43. The predicted molar refractivity (Wildman–Crippen MR) is 60.6 cm³/mol. The highest BCUT2D eigenvalue weighted by Gasteiger charge is 2.01. The molecule has 0 aliphatic rings. The lowest BCUT2D eigenvalue weighted by Crippen LogP contribution is -1.78. The van der Waals surface area contributed by atoms with Gasteiger partial charge < -0.3 is 0 Å². The summed E-state index contributed by atoms with van der Waals surface area (Å²) in [4.78, 5) is 4.00. The zero-order valence-electron chi connectivity index (χ0n) is 7.79. The summed E-state index contributed by atoms with van der Waals surface area (Å²) in [5.74, 6) is 0. The Labute approximate surface area is 90.8 Å². The molecule has 0 atom stereocenters. The van der Waals surface area contributed by atoms with E-state index in [1.54, 1.807) is 12.4 Å². The summed E-state index contributed by atoms with van der Waals surface area (Å²) in [7, 11) is 0. The molecule has 0 fully saturated rings. The lowest BCUT2D eigenvalue weighted by Gasteiger charge is -1.99. The van der Waals surface area contributed by atoms with Crippen molar-refractivity contribution < 1.29 is 0 Å². The lowest BCUT2D eigenvalue weighted by molar-refractivity contribution is 1.33. The fraction of sp³-hybridized carbons (Fsp3) is 0. The van der Waals surface area contributed by atoms with Gasteiger partial charge in [0, 0.05) is 12.4 Å². The van der Waals surface area contributed by atoms with E-state index in [9.17, 15) is 0 Å². The Hall–Kier alpha value is -1.81. The van der Waals surface area contributed by atoms with Gasteiger partial charge in [0.15, 0.2) is 0 Å². The third kappa shape index (κ3) is 1.49. The summed E-state index contributed by atoms with van der Waals surface area (Å²) in [5, 5.41) is 0. The zero-order valence-corrected chi connectivity index (χ0v) is 8.61. The molecule has 0 saturated carbocycles. The number of aromatic nitrogens is 3. The first kappa shape index (κ1) is 8.49. The molecule has 0 aliphatic heterocycles. The van der Waals surface area contributed by atoms with Crippen molar-refractivity contribution in [2.75, 3.05) is 0 Å². The molecule has 15 heavy (non-hydrogen) atoms. The normalized spacial score (nSPS) is 10.7. The van der Waals surface area contributed by atoms with Gasteiger partial charge in [-0.1, -0.05) is 6.07 Å². The van der Waals surface area contributed by atoms with Crippen molar-refractivity contribution in [3.05, 3.63) is 42.7 Å². The van der Waals surface area contributed by atoms with Gasteiger partial charge in [0.05, 0.1) is 11.7 Å². The number of hydrogen-bond acceptors (Lipinski definition) is 4. The monoisotopic (exact) mass is 213 g/mol. The summed E-state index contributed by atoms with van der Waals surface area (Å²) in [6.07, 6.45) is 3.58. The van der Waals surface area contributed by atoms with Gasteiger partial charge in [0.1, 0.15) is 11.0 Å². The number of benzene rings is 1. The molecule has 72 valence electrons. The topological polar surface area (TPSA) is 38.7 Å². The van der Waals surface area contributed by atoms with Crippen LogP contribution in [-0.4, -0.2) is 13.7 Å². The number of pyridine rings is 1. The fourth-order valence-electron chi connectivity index (χ4n) is 1.51. The van der Waals surface area contributed by atoms with Crippen molar-refractivity contribution >= 4 is 22.8 Å². The molecular weight excluding hydrogens is 206 g/mol. The molecule has 0 spiro atoms. The Kier molecular flexibility index (Phi) is 1.93. The number of rotatable bonds is 1. The molecule has 0 radical (unpaired) electrons. The summed E-state index contributed by atoms with van der Waals surface area (Å²) in [6.45, 7) is 0. The van der Waals surface area contributed by atoms with E-state index in [4.69, 9.17) is 0 Å². The number of fused-ring (bicyclic) bond motifs is 1. The van der Waals surface area contributed by atoms with E-state index in [0.29, 0.717) is 0 Å². The minimum atomic E-state index is 0.953. The van der Waals surface area contributed by atoms with E-state index in [1.807, 2.05) is 24.3 Å². The van der Waals surface area contributed by atoms with Gasteiger partial charge in [0.25, 0.3) is 0 Å². The molecule has 3 nitrogen and oxygen atoms in total. The summed E-state index contributed by atoms with van der Waals surface area (Å²) in [6, 6.07) is 10.1. The predicted octanol–water partition coefficient (Wildman–Crippen LogP) is 2.75. The van der Waals surface area contributed by atoms with Gasteiger partial charge in [-0.15, -0.1) is 0 Å². The first-order valence-corrected chi connectivity index (χ1v) is 5.29. The maximum Gasteiger partial charge on any atom is 0.105 e. The van der Waals surface area contributed by atoms with Gasteiger partial charge in [-0.25, -0.2) is 0 Å². The molecule has 2 aromatic heterocycles. The van der Waals surface area contributed by atoms with Crippen LogP contribution in [0.15, 0.2) is 42.7 Å². The Balaban J connectivity index is 2.19. The quantitative estimate of drug-likeness (QED) is 0.624. The van der Waals surface area contributed by atoms with Crippen LogP contribution in [0.3, 0.4) is 0 Å². The van der Waals surface area contributed by atoms with E-state index in [1.165, 1.54) is 11.7 Å². The summed E-state index contributed by atoms with van der Waals surface area (Å²) in [5.41, 5.74) is 4.21. The highest BCUT2D eigenvalue weighted by Crippen LogP contribution is 2.22. The van der Waals surface area contributed by atoms with Crippen LogP contribution in [0.25, 0.3) is 22.2 Å². The van der Waals surface area contributed by atoms with Crippen molar-refractivity contribution in [2.24, 2.45) is 0 Å². The van der Waals surface area contributed by atoms with E-state index in [0.717, 1.165) is 22.2 Å². The second kappa shape index (κ2) is 3.40. The van der Waals surface area contributed by atoms with Crippen molar-refractivity contribution in [2.45, 2.75) is 0 Å². The minimum absolute atomic E-state index is 0.953. The molecule has 3 aromatic rings. The van der Waals surface area contributed by atoms with Gasteiger partial charge >= 0.3 is 0 Å². The van der Waals surface area contributed by atoms with Crippen LogP contribution in [0.1, 0.15) is 0 Å².